The number of aliphatic hydroxyl groups is 1. The summed E-state index contributed by atoms with van der Waals surface area (Å²) in [6, 6.07) is 3.47. The molecule has 0 radical (unpaired) electrons. The highest BCUT2D eigenvalue weighted by atomic mass is 16.6. The lowest BCUT2D eigenvalue weighted by atomic mass is 9.48. The fraction of sp³-hybridized carbons (Fsp3) is 0.739. The number of rotatable bonds is 5. The molecule has 0 aromatic heterocycles. The van der Waals surface area contributed by atoms with E-state index in [9.17, 15) is 15.4 Å². The largest absolute Gasteiger partial charge is 0.632 e. The molecule has 2 saturated carbocycles. The Bertz CT molecular complexity index is 852. The minimum absolute atomic E-state index is 0.133. The van der Waals surface area contributed by atoms with Crippen LogP contribution in [0.15, 0.2) is 12.1 Å². The second kappa shape index (κ2) is 5.88. The molecule has 2 aliphatic heterocycles. The van der Waals surface area contributed by atoms with E-state index in [2.05, 4.69) is 6.92 Å². The van der Waals surface area contributed by atoms with Crippen molar-refractivity contribution in [1.82, 2.24) is 0 Å². The van der Waals surface area contributed by atoms with Crippen LogP contribution in [0.2, 0.25) is 0 Å². The van der Waals surface area contributed by atoms with Gasteiger partial charge in [0.1, 0.15) is 17.7 Å². The monoisotopic (exact) mass is 401 g/mol. The first-order valence-electron chi connectivity index (χ1n) is 11.4. The lowest BCUT2D eigenvalue weighted by molar-refractivity contribution is -0.924. The van der Waals surface area contributed by atoms with Crippen LogP contribution in [0.4, 0.5) is 0 Å². The van der Waals surface area contributed by atoms with Gasteiger partial charge in [0.15, 0.2) is 11.5 Å². The van der Waals surface area contributed by atoms with Gasteiger partial charge in [-0.2, -0.15) is 0 Å². The Morgan fingerprint density at radius 3 is 2.86 bits per heavy atom. The van der Waals surface area contributed by atoms with E-state index in [1.807, 2.05) is 6.07 Å². The molecule has 2 N–H and O–H groups in total. The highest BCUT2D eigenvalue weighted by molar-refractivity contribution is 5.62. The summed E-state index contributed by atoms with van der Waals surface area (Å²) in [6.07, 6.45) is 4.73. The zero-order valence-electron chi connectivity index (χ0n) is 17.1. The van der Waals surface area contributed by atoms with Gasteiger partial charge in [0, 0.05) is 30.9 Å². The second-order valence-corrected chi connectivity index (χ2v) is 10.1. The molecule has 6 atom stereocenters. The number of piperidine rings is 1. The number of likely N-dealkylation sites (tertiary alicyclic amines) is 1. The van der Waals surface area contributed by atoms with Gasteiger partial charge in [-0.3, -0.25) is 0 Å². The molecule has 1 saturated heterocycles. The minimum Gasteiger partial charge on any atom is -0.632 e. The van der Waals surface area contributed by atoms with E-state index in [0.717, 1.165) is 17.5 Å². The average Bonchev–Trinajstić information content (AvgIpc) is 3.43. The lowest BCUT2D eigenvalue weighted by Crippen LogP contribution is -2.81. The van der Waals surface area contributed by atoms with Crippen molar-refractivity contribution >= 4 is 0 Å². The topological polar surface area (TPSA) is 82.0 Å². The Morgan fingerprint density at radius 2 is 2.10 bits per heavy atom. The maximum Gasteiger partial charge on any atom is 0.165 e. The van der Waals surface area contributed by atoms with Crippen LogP contribution in [0.3, 0.4) is 0 Å². The van der Waals surface area contributed by atoms with E-state index < -0.39 is 23.2 Å². The van der Waals surface area contributed by atoms with Gasteiger partial charge in [0.25, 0.3) is 0 Å². The molecule has 5 aliphatic rings. The summed E-state index contributed by atoms with van der Waals surface area (Å²) in [5, 5.41) is 35.9. The second-order valence-electron chi connectivity index (χ2n) is 10.1. The Hall–Kier alpha value is -1.34. The van der Waals surface area contributed by atoms with Gasteiger partial charge in [-0.05, 0) is 43.7 Å². The Balaban J connectivity index is 1.59. The summed E-state index contributed by atoms with van der Waals surface area (Å²) in [7, 11) is 0. The van der Waals surface area contributed by atoms with Crippen molar-refractivity contribution in [2.75, 3.05) is 19.7 Å². The normalized spacial score (nSPS) is 44.3. The number of aliphatic hydroxyl groups excluding tert-OH is 1. The van der Waals surface area contributed by atoms with E-state index in [-0.39, 0.29) is 16.4 Å². The Kier molecular flexibility index (Phi) is 3.73. The Morgan fingerprint density at radius 1 is 1.28 bits per heavy atom. The molecular formula is C23H31NO5. The van der Waals surface area contributed by atoms with Gasteiger partial charge in [0.05, 0.1) is 24.6 Å². The number of hydrogen-bond acceptors (Lipinski definition) is 5. The molecule has 3 aliphatic carbocycles. The predicted molar refractivity (Wildman–Crippen MR) is 107 cm³/mol. The number of benzene rings is 1. The van der Waals surface area contributed by atoms with E-state index in [1.165, 1.54) is 12.8 Å². The van der Waals surface area contributed by atoms with Gasteiger partial charge in [-0.1, -0.05) is 13.0 Å². The maximum absolute atomic E-state index is 14.3. The highest BCUT2D eigenvalue weighted by Crippen LogP contribution is 2.67. The SMILES string of the molecule is CCCOC12CC[C@H](O)[C@@H]3Oc4c(O)ccc5c4[C@@]31CC[N+]([O-])(CC1CC1)[C@@H]2C5. The van der Waals surface area contributed by atoms with Crippen molar-refractivity contribution in [1.29, 1.82) is 0 Å². The standard InChI is InChI=1S/C23H31NO5/c1-2-11-28-23-8-7-17(26)21-22(23)9-10-24(27,13-14-3-4-14)18(23)12-15-5-6-16(25)20(29-21)19(15)22/h5-6,14,17-18,21,25-26H,2-4,7-13H2,1H3/t17-,18+,21-,22-,23?,24?/m0/s1. The number of ether oxygens (including phenoxy) is 2. The van der Waals surface area contributed by atoms with Crippen LogP contribution in [0.1, 0.15) is 56.6 Å². The first-order chi connectivity index (χ1) is 14.0. The first kappa shape index (κ1) is 18.4. The van der Waals surface area contributed by atoms with Crippen LogP contribution in [0.25, 0.3) is 0 Å². The summed E-state index contributed by atoms with van der Waals surface area (Å²) in [5.74, 6) is 1.20. The number of hydroxylamine groups is 3. The summed E-state index contributed by atoms with van der Waals surface area (Å²) in [4.78, 5) is 0. The Labute approximate surface area is 171 Å². The molecule has 1 aromatic rings. The summed E-state index contributed by atoms with van der Waals surface area (Å²) >= 11 is 0. The number of nitrogens with zero attached hydrogens (tertiary/aromatic N) is 1. The van der Waals surface area contributed by atoms with Crippen molar-refractivity contribution in [3.63, 3.8) is 0 Å². The molecule has 2 bridgehead atoms. The maximum atomic E-state index is 14.3. The van der Waals surface area contributed by atoms with E-state index in [1.54, 1.807) is 6.07 Å². The fourth-order valence-corrected chi connectivity index (χ4v) is 7.28. The molecular weight excluding hydrogens is 370 g/mol. The van der Waals surface area contributed by atoms with E-state index in [4.69, 9.17) is 9.47 Å². The number of phenols is 1. The van der Waals surface area contributed by atoms with Gasteiger partial charge >= 0.3 is 0 Å². The van der Waals surface area contributed by atoms with Crippen LogP contribution in [0, 0.1) is 11.1 Å². The quantitative estimate of drug-likeness (QED) is 0.586. The van der Waals surface area contributed by atoms with Crippen LogP contribution < -0.4 is 4.74 Å². The molecule has 158 valence electrons. The van der Waals surface area contributed by atoms with Gasteiger partial charge in [-0.15, -0.1) is 0 Å². The number of hydrogen-bond donors (Lipinski definition) is 2. The van der Waals surface area contributed by atoms with Gasteiger partial charge in [0.2, 0.25) is 0 Å². The number of quaternary nitrogens is 1. The smallest absolute Gasteiger partial charge is 0.165 e. The molecule has 6 rings (SSSR count). The first-order valence-corrected chi connectivity index (χ1v) is 11.4. The molecule has 6 nitrogen and oxygen atoms in total. The van der Waals surface area contributed by atoms with Crippen molar-refractivity contribution in [3.8, 4) is 11.5 Å². The average molecular weight is 402 g/mol. The lowest BCUT2D eigenvalue weighted by Gasteiger charge is -2.69. The van der Waals surface area contributed by atoms with E-state index in [0.29, 0.717) is 57.0 Å². The van der Waals surface area contributed by atoms with Crippen LogP contribution in [-0.4, -0.2) is 58.4 Å². The van der Waals surface area contributed by atoms with Crippen LogP contribution >= 0.6 is 0 Å². The molecule has 2 heterocycles. The van der Waals surface area contributed by atoms with Gasteiger partial charge < -0.3 is 29.5 Å². The van der Waals surface area contributed by atoms with Crippen LogP contribution in [0.5, 0.6) is 11.5 Å². The van der Waals surface area contributed by atoms with Crippen molar-refractivity contribution in [2.45, 2.75) is 81.1 Å². The molecule has 6 heteroatoms. The highest BCUT2D eigenvalue weighted by Gasteiger charge is 2.76. The number of aromatic hydroxyl groups is 1. The molecule has 2 unspecified atom stereocenters. The molecule has 1 spiro atoms. The fourth-order valence-electron chi connectivity index (χ4n) is 7.28. The third-order valence-electron chi connectivity index (χ3n) is 8.55. The van der Waals surface area contributed by atoms with Crippen molar-refractivity contribution < 1.29 is 24.3 Å². The molecule has 3 fully saturated rings. The number of phenolic OH excluding ortho intramolecular Hbond substituents is 1. The zero-order valence-corrected chi connectivity index (χ0v) is 17.1. The van der Waals surface area contributed by atoms with Crippen molar-refractivity contribution in [2.24, 2.45) is 5.92 Å². The van der Waals surface area contributed by atoms with Gasteiger partial charge in [-0.25, -0.2) is 0 Å². The molecule has 29 heavy (non-hydrogen) atoms. The predicted octanol–water partition coefficient (Wildman–Crippen LogP) is 2.76. The van der Waals surface area contributed by atoms with Crippen LogP contribution in [-0.2, 0) is 16.6 Å². The van der Waals surface area contributed by atoms with Crippen molar-refractivity contribution in [3.05, 3.63) is 28.5 Å². The van der Waals surface area contributed by atoms with E-state index >= 15 is 0 Å². The molecule has 0 amide bonds. The zero-order chi connectivity index (χ0) is 20.0. The third-order valence-corrected chi connectivity index (χ3v) is 8.55. The summed E-state index contributed by atoms with van der Waals surface area (Å²) in [6.45, 7) is 3.93. The summed E-state index contributed by atoms with van der Waals surface area (Å²) < 4.78 is 12.9. The molecule has 1 aromatic carbocycles. The third kappa shape index (κ3) is 2.16. The minimum atomic E-state index is -0.631. The summed E-state index contributed by atoms with van der Waals surface area (Å²) in [5.41, 5.74) is 0.950.